The summed E-state index contributed by atoms with van der Waals surface area (Å²) in [6.45, 7) is 5.17. The van der Waals surface area contributed by atoms with Gasteiger partial charge in [0.15, 0.2) is 0 Å². The highest BCUT2D eigenvalue weighted by atomic mass is 16.3. The Hall–Kier alpha value is -0.520. The first-order valence-corrected chi connectivity index (χ1v) is 2.79. The van der Waals surface area contributed by atoms with E-state index in [1.165, 1.54) is 0 Å². The van der Waals surface area contributed by atoms with Crippen molar-refractivity contribution < 1.29 is 5.11 Å². The highest BCUT2D eigenvalue weighted by Gasteiger charge is 1.89. The molecule has 1 heteroatoms. The predicted molar refractivity (Wildman–Crippen MR) is 34.6 cm³/mol. The van der Waals surface area contributed by atoms with Crippen molar-refractivity contribution in [3.63, 3.8) is 0 Å². The second-order valence-corrected chi connectivity index (χ2v) is 1.83. The van der Waals surface area contributed by atoms with Crippen molar-refractivity contribution in [2.75, 3.05) is 0 Å². The Morgan fingerprint density at radius 3 is 2.88 bits per heavy atom. The first kappa shape index (κ1) is 7.48. The fourth-order valence-corrected chi connectivity index (χ4v) is 0.427. The lowest BCUT2D eigenvalue weighted by atomic mass is 10.2. The molecule has 0 aliphatic carbocycles. The van der Waals surface area contributed by atoms with Gasteiger partial charge in [0, 0.05) is 0 Å². The van der Waals surface area contributed by atoms with Crippen molar-refractivity contribution >= 4 is 0 Å². The van der Waals surface area contributed by atoms with Crippen molar-refractivity contribution in [1.29, 1.82) is 0 Å². The third kappa shape index (κ3) is 5.48. The molecular formula is C7H12O. The molecule has 0 aromatic carbocycles. The molecule has 0 bridgehead atoms. The van der Waals surface area contributed by atoms with E-state index in [9.17, 15) is 0 Å². The van der Waals surface area contributed by atoms with E-state index in [4.69, 9.17) is 5.11 Å². The van der Waals surface area contributed by atoms with Gasteiger partial charge >= 0.3 is 0 Å². The van der Waals surface area contributed by atoms with Gasteiger partial charge < -0.3 is 5.11 Å². The van der Waals surface area contributed by atoms with Crippen LogP contribution < -0.4 is 0 Å². The zero-order valence-electron chi connectivity index (χ0n) is 5.22. The minimum absolute atomic E-state index is 0.195. The highest BCUT2D eigenvalue weighted by Crippen LogP contribution is 1.94. The summed E-state index contributed by atoms with van der Waals surface area (Å²) in [5.74, 6) is 0. The fraction of sp³-hybridized carbons (Fsp3) is 0.571. The van der Waals surface area contributed by atoms with Crippen molar-refractivity contribution in [2.24, 2.45) is 0 Å². The van der Waals surface area contributed by atoms with Crippen LogP contribution in [0.2, 0.25) is 0 Å². The molecule has 0 amide bonds. The molecule has 0 spiro atoms. The van der Waals surface area contributed by atoms with Gasteiger partial charge in [-0.3, -0.25) is 0 Å². The van der Waals surface area contributed by atoms with Crippen molar-refractivity contribution in [3.8, 4) is 0 Å². The van der Waals surface area contributed by atoms with E-state index < -0.39 is 0 Å². The summed E-state index contributed by atoms with van der Waals surface area (Å²) in [6, 6.07) is 0. The zero-order chi connectivity index (χ0) is 6.41. The molecule has 0 aliphatic heterocycles. The Labute approximate surface area is 50.3 Å². The topological polar surface area (TPSA) is 20.2 Å². The maximum atomic E-state index is 8.71. The van der Waals surface area contributed by atoms with Crippen LogP contribution in [0.15, 0.2) is 18.4 Å². The van der Waals surface area contributed by atoms with Crippen LogP contribution in [0, 0.1) is 0 Å². The summed E-state index contributed by atoms with van der Waals surface area (Å²) in [6.07, 6.45) is 3.32. The van der Waals surface area contributed by atoms with Crippen molar-refractivity contribution in [2.45, 2.75) is 25.9 Å². The molecule has 0 fully saturated rings. The van der Waals surface area contributed by atoms with E-state index >= 15 is 0 Å². The molecule has 1 N–H and O–H groups in total. The Kier molecular flexibility index (Phi) is 4.33. The number of allylic oxidation sites excluding steroid dienone is 1. The third-order valence-corrected chi connectivity index (χ3v) is 0.873. The van der Waals surface area contributed by atoms with Gasteiger partial charge in [-0.25, -0.2) is 0 Å². The third-order valence-electron chi connectivity index (χ3n) is 0.873. The normalized spacial score (nSPS) is 12.2. The standard InChI is InChI=1S/C7H12O/c1-3-4-5-6-7(2)8/h4,7-8H,1,5-6H2,2H3/t7-/m0/s1. The molecule has 1 atom stereocenters. The molecule has 0 heterocycles. The summed E-state index contributed by atoms with van der Waals surface area (Å²) in [7, 11) is 0. The van der Waals surface area contributed by atoms with Gasteiger partial charge in [-0.15, -0.1) is 5.73 Å². The van der Waals surface area contributed by atoms with E-state index in [0.29, 0.717) is 0 Å². The number of rotatable bonds is 3. The predicted octanol–water partition coefficient (Wildman–Crippen LogP) is 1.49. The first-order valence-electron chi connectivity index (χ1n) is 2.79. The molecule has 0 saturated carbocycles. The number of aliphatic hydroxyl groups excluding tert-OH is 1. The summed E-state index contributed by atoms with van der Waals surface area (Å²) >= 11 is 0. The second kappa shape index (κ2) is 4.63. The largest absolute Gasteiger partial charge is 0.393 e. The number of aliphatic hydroxyl groups is 1. The zero-order valence-corrected chi connectivity index (χ0v) is 5.22. The van der Waals surface area contributed by atoms with Crippen LogP contribution in [0.1, 0.15) is 19.8 Å². The van der Waals surface area contributed by atoms with Gasteiger partial charge in [0.05, 0.1) is 6.10 Å². The quantitative estimate of drug-likeness (QED) is 0.548. The Morgan fingerprint density at radius 1 is 1.88 bits per heavy atom. The molecule has 0 rings (SSSR count). The molecule has 1 nitrogen and oxygen atoms in total. The summed E-state index contributed by atoms with van der Waals surface area (Å²) in [5.41, 5.74) is 2.64. The molecule has 0 saturated heterocycles. The molecule has 0 radical (unpaired) electrons. The van der Waals surface area contributed by atoms with Gasteiger partial charge in [0.1, 0.15) is 0 Å². The lowest BCUT2D eigenvalue weighted by Gasteiger charge is -1.96. The van der Waals surface area contributed by atoms with E-state index in [0.717, 1.165) is 12.8 Å². The highest BCUT2D eigenvalue weighted by molar-refractivity contribution is 4.75. The van der Waals surface area contributed by atoms with Gasteiger partial charge in [0.2, 0.25) is 0 Å². The lowest BCUT2D eigenvalue weighted by Crippen LogP contribution is -1.96. The van der Waals surface area contributed by atoms with Crippen molar-refractivity contribution in [3.05, 3.63) is 18.4 Å². The molecular weight excluding hydrogens is 100 g/mol. The summed E-state index contributed by atoms with van der Waals surface area (Å²) in [4.78, 5) is 0. The molecule has 8 heavy (non-hydrogen) atoms. The van der Waals surface area contributed by atoms with Crippen LogP contribution in [0.5, 0.6) is 0 Å². The molecule has 0 aromatic heterocycles. The fourth-order valence-electron chi connectivity index (χ4n) is 0.427. The van der Waals surface area contributed by atoms with Crippen LogP contribution in [0.4, 0.5) is 0 Å². The van der Waals surface area contributed by atoms with Crippen LogP contribution in [0.25, 0.3) is 0 Å². The Balaban J connectivity index is 3.05. The number of hydrogen-bond acceptors (Lipinski definition) is 1. The summed E-state index contributed by atoms with van der Waals surface area (Å²) in [5, 5.41) is 8.71. The van der Waals surface area contributed by atoms with Gasteiger partial charge in [0.25, 0.3) is 0 Å². The smallest absolute Gasteiger partial charge is 0.0515 e. The van der Waals surface area contributed by atoms with Crippen LogP contribution in [-0.2, 0) is 0 Å². The van der Waals surface area contributed by atoms with E-state index in [2.05, 4.69) is 12.3 Å². The van der Waals surface area contributed by atoms with Gasteiger partial charge in [-0.05, 0) is 25.8 Å². The lowest BCUT2D eigenvalue weighted by molar-refractivity contribution is 0.186. The van der Waals surface area contributed by atoms with Crippen LogP contribution >= 0.6 is 0 Å². The minimum Gasteiger partial charge on any atom is -0.393 e. The Morgan fingerprint density at radius 2 is 2.50 bits per heavy atom. The van der Waals surface area contributed by atoms with Gasteiger partial charge in [-0.2, -0.15) is 0 Å². The first-order chi connectivity index (χ1) is 3.77. The minimum atomic E-state index is -0.195. The van der Waals surface area contributed by atoms with Crippen LogP contribution in [0.3, 0.4) is 0 Å². The SMILES string of the molecule is C=C=CCC[C@H](C)O. The molecule has 0 aliphatic rings. The monoisotopic (exact) mass is 112 g/mol. The summed E-state index contributed by atoms with van der Waals surface area (Å²) < 4.78 is 0. The van der Waals surface area contributed by atoms with E-state index in [-0.39, 0.29) is 6.10 Å². The maximum Gasteiger partial charge on any atom is 0.0515 e. The van der Waals surface area contributed by atoms with Crippen molar-refractivity contribution in [1.82, 2.24) is 0 Å². The number of hydrogen-bond donors (Lipinski definition) is 1. The van der Waals surface area contributed by atoms with E-state index in [1.54, 1.807) is 6.92 Å². The molecule has 0 aromatic rings. The average molecular weight is 112 g/mol. The van der Waals surface area contributed by atoms with Gasteiger partial charge in [-0.1, -0.05) is 6.58 Å². The average Bonchev–Trinajstić information content (AvgIpc) is 1.66. The molecule has 0 unspecified atom stereocenters. The molecule has 46 valence electrons. The second-order valence-electron chi connectivity index (χ2n) is 1.83. The van der Waals surface area contributed by atoms with Crippen LogP contribution in [-0.4, -0.2) is 11.2 Å². The Bertz CT molecular complexity index is 88.6. The maximum absolute atomic E-state index is 8.71. The van der Waals surface area contributed by atoms with E-state index in [1.807, 2.05) is 6.08 Å².